The normalized spacial score (nSPS) is 20.0. The Balaban J connectivity index is 0.000000136. The molecule has 31 heteroatoms. The second kappa shape index (κ2) is 31.7. The van der Waals surface area contributed by atoms with Crippen molar-refractivity contribution in [2.24, 2.45) is 16.6 Å². The van der Waals surface area contributed by atoms with Gasteiger partial charge in [-0.2, -0.15) is 10.2 Å². The lowest BCUT2D eigenvalue weighted by atomic mass is 9.91. The van der Waals surface area contributed by atoms with E-state index in [9.17, 15) is 33.7 Å². The zero-order chi connectivity index (χ0) is 69.0. The molecule has 4 saturated heterocycles. The maximum atomic E-state index is 13.1. The SMILES string of the molecule is CC1(CO)CCN(c2nccn3ccnc23)C1.CC1(CO)CCNC1.Cl.Clc1nccn2cccc12.NC1(CO)CCN(c2nccn3ccnc23)C1.O=C(N[C@@]1(CO)CCN(c2nccn3cccc23)C1)c1ccn(-c2ccc(F)cc2)n1.O=C(O)c1ccn(-c2ccc(F)cc2)n1. The number of fused-ring (bicyclic) bond motifs is 4. The number of nitrogens with two attached hydrogens (primary N) is 1. The van der Waals surface area contributed by atoms with Gasteiger partial charge in [0, 0.05) is 162 Å². The summed E-state index contributed by atoms with van der Waals surface area (Å²) in [5, 5.41) is 61.1. The van der Waals surface area contributed by atoms with Crippen LogP contribution >= 0.6 is 24.0 Å². The highest BCUT2D eigenvalue weighted by Crippen LogP contribution is 2.34. The Morgan fingerprint density at radius 2 is 1.02 bits per heavy atom. The number of carbonyl (C=O) groups excluding carboxylic acids is 1. The fraction of sp³-hybridized carbons (Fsp3) is 0.324. The number of imidazole rings is 2. The number of carbonyl (C=O) groups is 2. The van der Waals surface area contributed by atoms with Crippen LogP contribution in [0.15, 0.2) is 184 Å². The zero-order valence-corrected chi connectivity index (χ0v) is 56.0. The second-order valence-electron chi connectivity index (χ2n) is 25.2. The van der Waals surface area contributed by atoms with E-state index in [0.717, 1.165) is 91.8 Å². The van der Waals surface area contributed by atoms with Crippen LogP contribution in [-0.4, -0.2) is 194 Å². The highest BCUT2D eigenvalue weighted by Gasteiger charge is 2.41. The van der Waals surface area contributed by atoms with Crippen LogP contribution in [0.5, 0.6) is 0 Å². The van der Waals surface area contributed by atoms with Crippen LogP contribution in [0.2, 0.25) is 5.15 Å². The number of nitrogens with zero attached hydrogens (tertiary/aromatic N) is 17. The molecular weight excluding hydrogens is 1320 g/mol. The molecule has 1 amide bonds. The largest absolute Gasteiger partial charge is 0.476 e. The van der Waals surface area contributed by atoms with Crippen molar-refractivity contribution in [3.63, 3.8) is 0 Å². The Hall–Kier alpha value is -9.98. The fourth-order valence-corrected chi connectivity index (χ4v) is 12.0. The molecule has 0 aliphatic carbocycles. The van der Waals surface area contributed by atoms with E-state index in [1.165, 1.54) is 58.0 Å². The van der Waals surface area contributed by atoms with Gasteiger partial charge in [-0.15, -0.1) is 12.4 Å². The summed E-state index contributed by atoms with van der Waals surface area (Å²) in [4.78, 5) is 55.7. The molecule has 3 unspecified atom stereocenters. The molecular formula is C68H78Cl2F2N20O7. The number of amides is 1. The van der Waals surface area contributed by atoms with E-state index in [0.29, 0.717) is 49.2 Å². The predicted molar refractivity (Wildman–Crippen MR) is 372 cm³/mol. The van der Waals surface area contributed by atoms with Crippen LogP contribution in [0.3, 0.4) is 0 Å². The maximum absolute atomic E-state index is 13.1. The van der Waals surface area contributed by atoms with Gasteiger partial charge >= 0.3 is 5.97 Å². The fourth-order valence-electron chi connectivity index (χ4n) is 11.8. The standard InChI is InChI=1S/C22H21FN6O2.C12H16N4O.C11H15N5O.C10H7FN2O2.C7H5ClN2.C6H13NO.ClH/c23-16-3-5-17(6-4-16)29-11-7-18(26-29)21(31)25-22(15-30)8-12-28(14-22)20-19-2-1-10-27(19)13-9-24-20;1-12(9-17)2-5-16(8-12)11-10-13-3-6-15(10)7-4-14-11;12-11(8-17)1-4-16(7-11)10-9-13-2-5-15(9)6-3-14-10;11-7-1-3-8(4-2-7)13-6-5-9(12-13)10(14)15;8-7-6-2-1-4-10(6)5-3-9-7;1-6(5-8)2-3-7-4-6;/h1-7,9-11,13,30H,8,12,14-15H2,(H,25,31);3-4,6-7,17H,2,5,8-9H2,1H3;2-3,5-6,17H,1,4,7-8,12H2;1-6H,(H,14,15);1-5H;7-8H,2-5H2,1H3;1H/t22-;;;;;;/m0....../s1. The van der Waals surface area contributed by atoms with Crippen LogP contribution in [0.4, 0.5) is 26.2 Å². The predicted octanol–water partition coefficient (Wildman–Crippen LogP) is 6.69. The van der Waals surface area contributed by atoms with Gasteiger partial charge in [0.2, 0.25) is 0 Å². The molecule has 4 aliphatic rings. The van der Waals surface area contributed by atoms with Gasteiger partial charge in [0.25, 0.3) is 5.91 Å². The van der Waals surface area contributed by atoms with Crippen LogP contribution < -0.4 is 31.1 Å². The molecule has 0 radical (unpaired) electrons. The second-order valence-corrected chi connectivity index (χ2v) is 25.6. The minimum absolute atomic E-state index is 0. The summed E-state index contributed by atoms with van der Waals surface area (Å²) in [6, 6.07) is 22.2. The van der Waals surface area contributed by atoms with Crippen molar-refractivity contribution in [3.05, 3.63) is 212 Å². The van der Waals surface area contributed by atoms with Crippen molar-refractivity contribution >= 4 is 75.7 Å². The topological polar surface area (TPSA) is 326 Å². The summed E-state index contributed by atoms with van der Waals surface area (Å²) in [6.45, 7) is 10.9. The molecule has 4 atom stereocenters. The number of benzene rings is 2. The van der Waals surface area contributed by atoms with Gasteiger partial charge < -0.3 is 74.2 Å². The smallest absolute Gasteiger partial charge is 0.356 e. The summed E-state index contributed by atoms with van der Waals surface area (Å²) < 4.78 is 36.5. The molecule has 9 N–H and O–H groups in total. The first-order valence-electron chi connectivity index (χ1n) is 31.7. The lowest BCUT2D eigenvalue weighted by Crippen LogP contribution is -2.53. The van der Waals surface area contributed by atoms with E-state index in [4.69, 9.17) is 27.5 Å². The van der Waals surface area contributed by atoms with E-state index in [2.05, 4.69) is 79.3 Å². The lowest BCUT2D eigenvalue weighted by Gasteiger charge is -2.28. The Morgan fingerprint density at radius 3 is 1.52 bits per heavy atom. The first kappa shape index (κ1) is 71.8. The number of carboxylic acid groups (broad SMARTS) is 1. The van der Waals surface area contributed by atoms with Crippen LogP contribution in [0, 0.1) is 22.5 Å². The van der Waals surface area contributed by atoms with E-state index in [1.54, 1.807) is 61.6 Å². The Labute approximate surface area is 578 Å². The van der Waals surface area contributed by atoms with Gasteiger partial charge in [0.15, 0.2) is 45.3 Å². The van der Waals surface area contributed by atoms with Crippen molar-refractivity contribution in [2.45, 2.75) is 50.6 Å². The van der Waals surface area contributed by atoms with E-state index in [1.807, 2.05) is 91.4 Å². The molecule has 2 aromatic carbocycles. The van der Waals surface area contributed by atoms with Crippen molar-refractivity contribution in [1.29, 1.82) is 0 Å². The number of anilines is 3. The van der Waals surface area contributed by atoms with Crippen LogP contribution in [0.25, 0.3) is 33.7 Å². The van der Waals surface area contributed by atoms with Crippen LogP contribution in [-0.2, 0) is 0 Å². The maximum Gasteiger partial charge on any atom is 0.356 e. The van der Waals surface area contributed by atoms with Crippen molar-refractivity contribution in [3.8, 4) is 11.4 Å². The molecule has 12 aromatic rings. The van der Waals surface area contributed by atoms with Gasteiger partial charge in [-0.25, -0.2) is 52.8 Å². The summed E-state index contributed by atoms with van der Waals surface area (Å²) >= 11 is 5.77. The zero-order valence-electron chi connectivity index (χ0n) is 54.4. The molecule has 10 aromatic heterocycles. The van der Waals surface area contributed by atoms with Gasteiger partial charge in [-0.1, -0.05) is 25.4 Å². The quantitative estimate of drug-likeness (QED) is 0.0631. The molecule has 0 saturated carbocycles. The number of aromatic nitrogens is 14. The number of hydrogen-bond donors (Lipinski definition) is 8. The number of aromatic carboxylic acids is 1. The van der Waals surface area contributed by atoms with E-state index >= 15 is 0 Å². The molecule has 99 heavy (non-hydrogen) atoms. The third-order valence-corrected chi connectivity index (χ3v) is 17.9. The number of halogens is 4. The molecule has 0 bridgehead atoms. The van der Waals surface area contributed by atoms with Crippen molar-refractivity contribution < 1.29 is 43.9 Å². The highest BCUT2D eigenvalue weighted by atomic mass is 35.5. The average Bonchev–Trinajstić information content (AvgIpc) is 1.67. The van der Waals surface area contributed by atoms with E-state index < -0.39 is 17.0 Å². The van der Waals surface area contributed by atoms with Gasteiger partial charge in [-0.3, -0.25) is 4.79 Å². The highest BCUT2D eigenvalue weighted by molar-refractivity contribution is 6.32. The third-order valence-electron chi connectivity index (χ3n) is 17.6. The number of nitrogens with one attached hydrogen (secondary N) is 2. The summed E-state index contributed by atoms with van der Waals surface area (Å²) in [7, 11) is 0. The van der Waals surface area contributed by atoms with Gasteiger partial charge in [0.1, 0.15) is 11.6 Å². The lowest BCUT2D eigenvalue weighted by molar-refractivity contribution is 0.0689. The van der Waals surface area contributed by atoms with Gasteiger partial charge in [-0.05, 0) is 117 Å². The number of rotatable bonds is 12. The molecule has 4 aliphatic heterocycles. The summed E-state index contributed by atoms with van der Waals surface area (Å²) in [6.07, 6.45) is 32.3. The summed E-state index contributed by atoms with van der Waals surface area (Å²) in [5.41, 5.74) is 10.00. The number of carboxylic acids is 1. The molecule has 4 fully saturated rings. The first-order chi connectivity index (χ1) is 47.3. The van der Waals surface area contributed by atoms with Gasteiger partial charge in [0.05, 0.1) is 53.3 Å². The molecule has 520 valence electrons. The molecule has 0 spiro atoms. The minimum atomic E-state index is -1.09. The average molecular weight is 1400 g/mol. The summed E-state index contributed by atoms with van der Waals surface area (Å²) in [5.74, 6) is 0.423. The monoisotopic (exact) mass is 1390 g/mol. The molecule has 27 nitrogen and oxygen atoms in total. The number of aliphatic hydroxyl groups excluding tert-OH is 4. The molecule has 16 rings (SSSR count). The van der Waals surface area contributed by atoms with Crippen molar-refractivity contribution in [2.75, 3.05) is 93.5 Å². The van der Waals surface area contributed by atoms with Crippen LogP contribution in [0.1, 0.15) is 60.5 Å². The number of hydrogen-bond acceptors (Lipinski definition) is 19. The number of aliphatic hydroxyl groups is 4. The van der Waals surface area contributed by atoms with Crippen molar-refractivity contribution in [1.82, 2.24) is 77.7 Å². The Bertz CT molecular complexity index is 4520. The Kier molecular flexibility index (Phi) is 23.0. The first-order valence-corrected chi connectivity index (χ1v) is 32.1. The van der Waals surface area contributed by atoms with E-state index in [-0.39, 0.29) is 72.0 Å². The molecule has 14 heterocycles. The third kappa shape index (κ3) is 17.1. The minimum Gasteiger partial charge on any atom is -0.476 e. The Morgan fingerprint density at radius 1 is 0.535 bits per heavy atom.